The zero-order valence-electron chi connectivity index (χ0n) is 16.5. The number of hydrogen-bond acceptors (Lipinski definition) is 3. The Kier molecular flexibility index (Phi) is 3.93. The van der Waals surface area contributed by atoms with Gasteiger partial charge in [-0.15, -0.1) is 0 Å². The number of fused-ring (bicyclic) bond motifs is 2. The first-order valence-electron chi connectivity index (χ1n) is 9.65. The minimum atomic E-state index is -0.418. The van der Waals surface area contributed by atoms with Crippen LogP contribution in [0.5, 0.6) is 0 Å². The summed E-state index contributed by atoms with van der Waals surface area (Å²) in [5.74, 6) is -1.08. The van der Waals surface area contributed by atoms with E-state index in [9.17, 15) is 14.4 Å². The van der Waals surface area contributed by atoms with Gasteiger partial charge in [-0.3, -0.25) is 14.4 Å². The normalized spacial score (nSPS) is 16.8. The minimum Gasteiger partial charge on any atom is -0.311 e. The molecule has 0 aliphatic carbocycles. The topological polar surface area (TPSA) is 57.7 Å². The third kappa shape index (κ3) is 2.45. The van der Waals surface area contributed by atoms with Crippen molar-refractivity contribution in [2.24, 2.45) is 0 Å². The maximum absolute atomic E-state index is 13.4. The van der Waals surface area contributed by atoms with Crippen LogP contribution in [-0.2, 0) is 4.79 Å². The molecular formula is C25H18N2O3. The molecule has 0 radical (unpaired) electrons. The van der Waals surface area contributed by atoms with Crippen LogP contribution in [0.3, 0.4) is 0 Å². The van der Waals surface area contributed by atoms with E-state index in [-0.39, 0.29) is 5.91 Å². The molecule has 3 aromatic carbocycles. The number of benzene rings is 3. The van der Waals surface area contributed by atoms with Gasteiger partial charge in [0.25, 0.3) is 17.7 Å². The van der Waals surface area contributed by atoms with Gasteiger partial charge < -0.3 is 4.90 Å². The Morgan fingerprint density at radius 3 is 1.93 bits per heavy atom. The second-order valence-electron chi connectivity index (χ2n) is 7.47. The van der Waals surface area contributed by atoms with Crippen molar-refractivity contribution in [1.29, 1.82) is 0 Å². The molecule has 0 bridgehead atoms. The second kappa shape index (κ2) is 6.52. The van der Waals surface area contributed by atoms with E-state index < -0.39 is 11.8 Å². The molecule has 2 aliphatic rings. The molecule has 2 aliphatic heterocycles. The van der Waals surface area contributed by atoms with E-state index in [1.165, 1.54) is 0 Å². The molecule has 0 saturated carbocycles. The van der Waals surface area contributed by atoms with Crippen molar-refractivity contribution in [3.63, 3.8) is 0 Å². The van der Waals surface area contributed by atoms with Crippen LogP contribution in [0.4, 0.5) is 5.69 Å². The third-order valence-electron chi connectivity index (χ3n) is 5.60. The predicted octanol–water partition coefficient (Wildman–Crippen LogP) is 4.14. The van der Waals surface area contributed by atoms with Crippen LogP contribution >= 0.6 is 0 Å². The van der Waals surface area contributed by atoms with Crippen molar-refractivity contribution in [3.05, 3.63) is 101 Å². The predicted molar refractivity (Wildman–Crippen MR) is 115 cm³/mol. The van der Waals surface area contributed by atoms with Crippen molar-refractivity contribution < 1.29 is 14.4 Å². The summed E-state index contributed by atoms with van der Waals surface area (Å²) in [5, 5.41) is 0. The van der Waals surface area contributed by atoms with Crippen LogP contribution in [0.1, 0.15) is 37.4 Å². The van der Waals surface area contributed by atoms with Crippen LogP contribution in [-0.4, -0.2) is 29.7 Å². The first kappa shape index (κ1) is 18.1. The zero-order chi connectivity index (χ0) is 21.0. The molecule has 0 aromatic heterocycles. The highest BCUT2D eigenvalue weighted by atomic mass is 16.2. The summed E-state index contributed by atoms with van der Waals surface area (Å²) in [6, 6.07) is 21.6. The average Bonchev–Trinajstić information content (AvgIpc) is 3.15. The molecule has 0 spiro atoms. The molecule has 5 heteroatoms. The van der Waals surface area contributed by atoms with Crippen LogP contribution in [0.15, 0.2) is 72.8 Å². The molecule has 2 heterocycles. The number of anilines is 1. The number of aryl methyl sites for hydroxylation is 1. The maximum atomic E-state index is 13.4. The highest BCUT2D eigenvalue weighted by molar-refractivity contribution is 6.40. The van der Waals surface area contributed by atoms with Crippen molar-refractivity contribution in [1.82, 2.24) is 4.90 Å². The first-order chi connectivity index (χ1) is 14.5. The molecule has 5 nitrogen and oxygen atoms in total. The van der Waals surface area contributed by atoms with Crippen LogP contribution in [0.2, 0.25) is 0 Å². The number of amides is 3. The van der Waals surface area contributed by atoms with Gasteiger partial charge >= 0.3 is 0 Å². The Bertz CT molecular complexity index is 1240. The highest BCUT2D eigenvalue weighted by Crippen LogP contribution is 2.43. The van der Waals surface area contributed by atoms with Gasteiger partial charge in [0.05, 0.1) is 28.1 Å². The Morgan fingerprint density at radius 1 is 0.700 bits per heavy atom. The Labute approximate surface area is 173 Å². The molecule has 0 fully saturated rings. The minimum absolute atomic E-state index is 0.244. The third-order valence-corrected chi connectivity index (χ3v) is 5.60. The number of hydrogen-bond donors (Lipinski definition) is 0. The van der Waals surface area contributed by atoms with E-state index in [1.54, 1.807) is 36.2 Å². The lowest BCUT2D eigenvalue weighted by Crippen LogP contribution is -2.31. The summed E-state index contributed by atoms with van der Waals surface area (Å²) in [6.07, 6.45) is 0. The van der Waals surface area contributed by atoms with E-state index in [4.69, 9.17) is 0 Å². The fourth-order valence-electron chi connectivity index (χ4n) is 4.14. The number of carbonyl (C=O) groups is 3. The van der Waals surface area contributed by atoms with E-state index >= 15 is 0 Å². The van der Waals surface area contributed by atoms with Crippen LogP contribution in [0.25, 0.3) is 11.3 Å². The van der Waals surface area contributed by atoms with Gasteiger partial charge in [-0.1, -0.05) is 54.1 Å². The number of nitrogens with zero attached hydrogens (tertiary/aromatic N) is 2. The van der Waals surface area contributed by atoms with Gasteiger partial charge in [0.2, 0.25) is 0 Å². The number of imide groups is 1. The lowest BCUT2D eigenvalue weighted by Gasteiger charge is -2.21. The van der Waals surface area contributed by atoms with Gasteiger partial charge in [0.15, 0.2) is 0 Å². The van der Waals surface area contributed by atoms with Gasteiger partial charge in [-0.25, -0.2) is 4.90 Å². The van der Waals surface area contributed by atoms with Crippen molar-refractivity contribution in [2.75, 3.05) is 11.9 Å². The Balaban J connectivity index is 1.84. The quantitative estimate of drug-likeness (QED) is 0.485. The average molecular weight is 394 g/mol. The van der Waals surface area contributed by atoms with Crippen molar-refractivity contribution in [2.45, 2.75) is 6.92 Å². The molecule has 0 saturated heterocycles. The summed E-state index contributed by atoms with van der Waals surface area (Å²) in [4.78, 5) is 42.6. The van der Waals surface area contributed by atoms with Gasteiger partial charge in [0, 0.05) is 12.6 Å². The van der Waals surface area contributed by atoms with E-state index in [0.717, 1.165) is 21.7 Å². The lowest BCUT2D eigenvalue weighted by molar-refractivity contribution is -0.112. The molecule has 0 N–H and O–H groups in total. The largest absolute Gasteiger partial charge is 0.311 e. The fourth-order valence-corrected chi connectivity index (χ4v) is 4.14. The van der Waals surface area contributed by atoms with E-state index in [1.807, 2.05) is 55.5 Å². The highest BCUT2D eigenvalue weighted by Gasteiger charge is 2.42. The number of rotatable bonds is 2. The molecule has 146 valence electrons. The van der Waals surface area contributed by atoms with E-state index in [0.29, 0.717) is 28.0 Å². The van der Waals surface area contributed by atoms with Crippen molar-refractivity contribution in [3.8, 4) is 0 Å². The number of likely N-dealkylation sites (N-methyl/N-ethyl adjacent to an activating group) is 1. The summed E-state index contributed by atoms with van der Waals surface area (Å²) in [7, 11) is 1.70. The second-order valence-corrected chi connectivity index (χ2v) is 7.47. The standard InChI is InChI=1S/C25H18N2O3/c1-15-12-13-20-19(14-15)21(25(30)26(20)2)22(16-8-4-3-5-9-16)27-23(28)17-10-6-7-11-18(17)24(27)29/h3-14H,1-2H3/b22-21+. The molecule has 0 atom stereocenters. The molecule has 3 amide bonds. The van der Waals surface area contributed by atoms with Crippen LogP contribution in [0, 0.1) is 6.92 Å². The summed E-state index contributed by atoms with van der Waals surface area (Å²) >= 11 is 0. The molecule has 0 unspecified atom stereocenters. The van der Waals surface area contributed by atoms with Gasteiger partial charge in [-0.2, -0.15) is 0 Å². The monoisotopic (exact) mass is 394 g/mol. The van der Waals surface area contributed by atoms with Crippen molar-refractivity contribution >= 4 is 34.7 Å². The lowest BCUT2D eigenvalue weighted by atomic mass is 9.98. The Morgan fingerprint density at radius 2 is 1.30 bits per heavy atom. The summed E-state index contributed by atoms with van der Waals surface area (Å²) < 4.78 is 0. The molecular weight excluding hydrogens is 376 g/mol. The van der Waals surface area contributed by atoms with E-state index in [2.05, 4.69) is 0 Å². The first-order valence-corrected chi connectivity index (χ1v) is 9.65. The maximum Gasteiger partial charge on any atom is 0.266 e. The molecule has 5 rings (SSSR count). The smallest absolute Gasteiger partial charge is 0.266 e. The summed E-state index contributed by atoms with van der Waals surface area (Å²) in [5.41, 5.74) is 4.48. The van der Waals surface area contributed by atoms with Gasteiger partial charge in [-0.05, 0) is 36.8 Å². The van der Waals surface area contributed by atoms with Gasteiger partial charge in [0.1, 0.15) is 0 Å². The fraction of sp³-hybridized carbons (Fsp3) is 0.0800. The van der Waals surface area contributed by atoms with Crippen LogP contribution < -0.4 is 4.90 Å². The molecule has 3 aromatic rings. The number of carbonyl (C=O) groups excluding carboxylic acids is 3. The molecule has 30 heavy (non-hydrogen) atoms. The Hall–Kier alpha value is -3.99. The summed E-state index contributed by atoms with van der Waals surface area (Å²) in [6.45, 7) is 1.95. The zero-order valence-corrected chi connectivity index (χ0v) is 16.5. The SMILES string of the molecule is Cc1ccc2c(c1)/C(=C(/c1ccccc1)N1C(=O)c3ccccc3C1=O)C(=O)N2C.